The first-order valence-electron chi connectivity index (χ1n) is 5.40. The molecule has 3 heteroatoms. The molecule has 0 aromatic heterocycles. The van der Waals surface area contributed by atoms with Crippen LogP contribution in [-0.2, 0) is 11.2 Å². The first-order valence-corrected chi connectivity index (χ1v) is 5.40. The lowest BCUT2D eigenvalue weighted by molar-refractivity contribution is -0.116. The van der Waals surface area contributed by atoms with Crippen LogP contribution in [0.25, 0.3) is 0 Å². The normalized spacial score (nSPS) is 10.2. The Labute approximate surface area is 95.9 Å². The second-order valence-corrected chi connectivity index (χ2v) is 4.20. The highest BCUT2D eigenvalue weighted by Crippen LogP contribution is 2.10. The maximum atomic E-state index is 11.5. The standard InChI is InChI=1S/C13H17NO2/c1-9(2)8-10-4-6-11(7-5-10)12(15)13(16)14-3/h4-7,9H,8H2,1-3H3,(H,14,16). The van der Waals surface area contributed by atoms with Crippen molar-refractivity contribution in [3.63, 3.8) is 0 Å². The van der Waals surface area contributed by atoms with Crippen LogP contribution in [0.3, 0.4) is 0 Å². The first kappa shape index (κ1) is 12.4. The number of likely N-dealkylation sites (N-methyl/N-ethyl adjacent to an activating group) is 1. The van der Waals surface area contributed by atoms with Crippen LogP contribution >= 0.6 is 0 Å². The van der Waals surface area contributed by atoms with Crippen LogP contribution in [-0.4, -0.2) is 18.7 Å². The van der Waals surface area contributed by atoms with Crippen molar-refractivity contribution in [3.8, 4) is 0 Å². The van der Waals surface area contributed by atoms with Gasteiger partial charge in [0.15, 0.2) is 0 Å². The molecule has 0 aliphatic heterocycles. The van der Waals surface area contributed by atoms with E-state index in [1.54, 1.807) is 12.1 Å². The number of hydrogen-bond acceptors (Lipinski definition) is 2. The lowest BCUT2D eigenvalue weighted by atomic mass is 10.0. The molecule has 0 radical (unpaired) electrons. The van der Waals surface area contributed by atoms with Crippen molar-refractivity contribution in [1.29, 1.82) is 0 Å². The highest BCUT2D eigenvalue weighted by atomic mass is 16.2. The second kappa shape index (κ2) is 5.45. The number of hydrogen-bond donors (Lipinski definition) is 1. The van der Waals surface area contributed by atoms with Crippen LogP contribution in [0.1, 0.15) is 29.8 Å². The van der Waals surface area contributed by atoms with E-state index in [2.05, 4.69) is 19.2 Å². The zero-order valence-corrected chi connectivity index (χ0v) is 9.91. The van der Waals surface area contributed by atoms with Crippen LogP contribution < -0.4 is 5.32 Å². The molecule has 0 aliphatic rings. The Morgan fingerprint density at radius 2 is 1.75 bits per heavy atom. The third kappa shape index (κ3) is 3.19. The predicted molar refractivity (Wildman–Crippen MR) is 63.4 cm³/mol. The van der Waals surface area contributed by atoms with Crippen LogP contribution in [0, 0.1) is 5.92 Å². The molecule has 86 valence electrons. The smallest absolute Gasteiger partial charge is 0.292 e. The van der Waals surface area contributed by atoms with E-state index in [9.17, 15) is 9.59 Å². The number of benzene rings is 1. The largest absolute Gasteiger partial charge is 0.352 e. The van der Waals surface area contributed by atoms with E-state index in [-0.39, 0.29) is 0 Å². The van der Waals surface area contributed by atoms with Crippen LogP contribution in [0.15, 0.2) is 24.3 Å². The van der Waals surface area contributed by atoms with Gasteiger partial charge in [-0.2, -0.15) is 0 Å². The first-order chi connectivity index (χ1) is 7.54. The molecule has 0 saturated carbocycles. The average Bonchev–Trinajstić information content (AvgIpc) is 2.27. The Kier molecular flexibility index (Phi) is 4.23. The topological polar surface area (TPSA) is 46.2 Å². The number of ketones is 1. The highest BCUT2D eigenvalue weighted by Gasteiger charge is 2.13. The zero-order valence-electron chi connectivity index (χ0n) is 9.91. The molecule has 0 aliphatic carbocycles. The minimum absolute atomic E-state index is 0.437. The molecule has 0 saturated heterocycles. The Morgan fingerprint density at radius 1 is 1.19 bits per heavy atom. The molecule has 0 spiro atoms. The van der Waals surface area contributed by atoms with Crippen LogP contribution in [0.4, 0.5) is 0 Å². The van der Waals surface area contributed by atoms with Gasteiger partial charge in [-0.25, -0.2) is 0 Å². The van der Waals surface area contributed by atoms with Gasteiger partial charge in [-0.05, 0) is 17.9 Å². The minimum atomic E-state index is -0.573. The van der Waals surface area contributed by atoms with Gasteiger partial charge in [0.2, 0.25) is 5.78 Å². The van der Waals surface area contributed by atoms with Crippen LogP contribution in [0.5, 0.6) is 0 Å². The average molecular weight is 219 g/mol. The van der Waals surface area contributed by atoms with Gasteiger partial charge in [-0.15, -0.1) is 0 Å². The summed E-state index contributed by atoms with van der Waals surface area (Å²) in [6.07, 6.45) is 0.981. The summed E-state index contributed by atoms with van der Waals surface area (Å²) in [4.78, 5) is 22.6. The van der Waals surface area contributed by atoms with Gasteiger partial charge in [0, 0.05) is 12.6 Å². The molecule has 0 fully saturated rings. The van der Waals surface area contributed by atoms with E-state index < -0.39 is 11.7 Å². The van der Waals surface area contributed by atoms with E-state index >= 15 is 0 Å². The number of rotatable bonds is 4. The summed E-state index contributed by atoms with van der Waals surface area (Å²) in [7, 11) is 1.45. The summed E-state index contributed by atoms with van der Waals surface area (Å²) in [5.74, 6) is -0.476. The van der Waals surface area contributed by atoms with Crippen molar-refractivity contribution in [2.24, 2.45) is 5.92 Å². The molecule has 1 rings (SSSR count). The van der Waals surface area contributed by atoms with E-state index in [0.717, 1.165) is 6.42 Å². The molecule has 0 heterocycles. The van der Waals surface area contributed by atoms with Crippen molar-refractivity contribution in [2.75, 3.05) is 7.05 Å². The number of carbonyl (C=O) groups excluding carboxylic acids is 2. The number of carbonyl (C=O) groups is 2. The second-order valence-electron chi connectivity index (χ2n) is 4.20. The van der Waals surface area contributed by atoms with Gasteiger partial charge < -0.3 is 5.32 Å². The SMILES string of the molecule is CNC(=O)C(=O)c1ccc(CC(C)C)cc1. The molecular weight excluding hydrogens is 202 g/mol. The lowest BCUT2D eigenvalue weighted by Crippen LogP contribution is -2.27. The molecule has 3 nitrogen and oxygen atoms in total. The van der Waals surface area contributed by atoms with Crippen molar-refractivity contribution in [3.05, 3.63) is 35.4 Å². The summed E-state index contributed by atoms with van der Waals surface area (Å²) >= 11 is 0. The number of amides is 1. The molecule has 16 heavy (non-hydrogen) atoms. The zero-order chi connectivity index (χ0) is 12.1. The van der Waals surface area contributed by atoms with Crippen LogP contribution in [0.2, 0.25) is 0 Å². The summed E-state index contributed by atoms with van der Waals surface area (Å²) < 4.78 is 0. The van der Waals surface area contributed by atoms with Gasteiger partial charge in [0.25, 0.3) is 5.91 Å². The molecule has 1 amide bonds. The van der Waals surface area contributed by atoms with E-state index in [0.29, 0.717) is 11.5 Å². The fourth-order valence-corrected chi connectivity index (χ4v) is 1.51. The summed E-state index contributed by atoms with van der Waals surface area (Å²) in [6, 6.07) is 7.21. The predicted octanol–water partition coefficient (Wildman–Crippen LogP) is 1.81. The van der Waals surface area contributed by atoms with Gasteiger partial charge in [0.05, 0.1) is 0 Å². The van der Waals surface area contributed by atoms with Crippen molar-refractivity contribution < 1.29 is 9.59 Å². The van der Waals surface area contributed by atoms with Crippen molar-refractivity contribution >= 4 is 11.7 Å². The maximum absolute atomic E-state index is 11.5. The van der Waals surface area contributed by atoms with Gasteiger partial charge in [-0.3, -0.25) is 9.59 Å². The molecule has 0 unspecified atom stereocenters. The monoisotopic (exact) mass is 219 g/mol. The Morgan fingerprint density at radius 3 is 2.19 bits per heavy atom. The number of nitrogens with one attached hydrogen (secondary N) is 1. The fourth-order valence-electron chi connectivity index (χ4n) is 1.51. The third-order valence-corrected chi connectivity index (χ3v) is 2.29. The molecule has 0 atom stereocenters. The van der Waals surface area contributed by atoms with Crippen molar-refractivity contribution in [2.45, 2.75) is 20.3 Å². The lowest BCUT2D eigenvalue weighted by Gasteiger charge is -2.05. The summed E-state index contributed by atoms with van der Waals surface area (Å²) in [5, 5.41) is 2.32. The van der Waals surface area contributed by atoms with Gasteiger partial charge in [-0.1, -0.05) is 38.1 Å². The minimum Gasteiger partial charge on any atom is -0.352 e. The Bertz CT molecular complexity index is 379. The Balaban J connectivity index is 2.78. The van der Waals surface area contributed by atoms with E-state index in [1.807, 2.05) is 12.1 Å². The van der Waals surface area contributed by atoms with E-state index in [4.69, 9.17) is 0 Å². The summed E-state index contributed by atoms with van der Waals surface area (Å²) in [6.45, 7) is 4.28. The Hall–Kier alpha value is -1.64. The van der Waals surface area contributed by atoms with Gasteiger partial charge in [0.1, 0.15) is 0 Å². The highest BCUT2D eigenvalue weighted by molar-refractivity contribution is 6.42. The molecule has 1 aromatic rings. The van der Waals surface area contributed by atoms with Crippen molar-refractivity contribution in [1.82, 2.24) is 5.32 Å². The molecule has 0 bridgehead atoms. The molecular formula is C13H17NO2. The fraction of sp³-hybridized carbons (Fsp3) is 0.385. The van der Waals surface area contributed by atoms with Gasteiger partial charge >= 0.3 is 0 Å². The number of Topliss-reactive ketones (excluding diaryl/α,β-unsaturated/α-hetero) is 1. The third-order valence-electron chi connectivity index (χ3n) is 2.29. The molecule has 1 N–H and O–H groups in total. The molecule has 1 aromatic carbocycles. The van der Waals surface area contributed by atoms with E-state index in [1.165, 1.54) is 12.6 Å². The quantitative estimate of drug-likeness (QED) is 0.620. The summed E-state index contributed by atoms with van der Waals surface area (Å²) in [5.41, 5.74) is 1.62. The maximum Gasteiger partial charge on any atom is 0.292 e.